The van der Waals surface area contributed by atoms with Crippen LogP contribution in [0.25, 0.3) is 11.3 Å². The number of hydrogen-bond acceptors (Lipinski definition) is 4. The first-order valence-electron chi connectivity index (χ1n) is 10.0. The second kappa shape index (κ2) is 8.03. The molecule has 0 atom stereocenters. The monoisotopic (exact) mass is 386 g/mol. The van der Waals surface area contributed by atoms with Crippen LogP contribution in [0.5, 0.6) is 0 Å². The summed E-state index contributed by atoms with van der Waals surface area (Å²) in [4.78, 5) is 26.0. The highest BCUT2D eigenvalue weighted by Crippen LogP contribution is 2.22. The van der Waals surface area contributed by atoms with Gasteiger partial charge in [-0.1, -0.05) is 47.5 Å². The van der Waals surface area contributed by atoms with E-state index in [0.717, 1.165) is 46.9 Å². The minimum Gasteiger partial charge on any atom is -0.353 e. The largest absolute Gasteiger partial charge is 0.353 e. The summed E-state index contributed by atoms with van der Waals surface area (Å²) < 4.78 is 0. The van der Waals surface area contributed by atoms with E-state index < -0.39 is 0 Å². The maximum Gasteiger partial charge on any atom is 0.254 e. The van der Waals surface area contributed by atoms with E-state index in [1.54, 1.807) is 6.33 Å². The van der Waals surface area contributed by atoms with Crippen molar-refractivity contribution >= 4 is 11.7 Å². The van der Waals surface area contributed by atoms with Crippen molar-refractivity contribution < 1.29 is 4.79 Å². The third kappa shape index (κ3) is 4.14. The summed E-state index contributed by atoms with van der Waals surface area (Å²) >= 11 is 0. The molecular formula is C24H26N4O. The Labute approximate surface area is 172 Å². The molecule has 5 nitrogen and oxygen atoms in total. The van der Waals surface area contributed by atoms with Crippen molar-refractivity contribution in [2.45, 2.75) is 20.8 Å². The lowest BCUT2D eigenvalue weighted by Crippen LogP contribution is -2.49. The highest BCUT2D eigenvalue weighted by atomic mass is 16.2. The number of benzene rings is 2. The fraction of sp³-hybridized carbons (Fsp3) is 0.292. The zero-order valence-electron chi connectivity index (χ0n) is 17.2. The van der Waals surface area contributed by atoms with E-state index in [9.17, 15) is 4.79 Å². The van der Waals surface area contributed by atoms with Crippen molar-refractivity contribution in [1.82, 2.24) is 14.9 Å². The zero-order chi connectivity index (χ0) is 20.4. The molecule has 0 bridgehead atoms. The number of anilines is 1. The van der Waals surface area contributed by atoms with Crippen LogP contribution in [0.15, 0.2) is 54.9 Å². The summed E-state index contributed by atoms with van der Waals surface area (Å²) in [5.74, 6) is 1.03. The Bertz CT molecular complexity index is 1020. The van der Waals surface area contributed by atoms with Crippen LogP contribution in [-0.4, -0.2) is 47.0 Å². The minimum absolute atomic E-state index is 0.119. The van der Waals surface area contributed by atoms with E-state index in [1.807, 2.05) is 43.0 Å². The van der Waals surface area contributed by atoms with Gasteiger partial charge in [-0.25, -0.2) is 9.97 Å². The molecule has 1 aliphatic heterocycles. The van der Waals surface area contributed by atoms with E-state index in [2.05, 4.69) is 46.1 Å². The number of carbonyl (C=O) groups is 1. The van der Waals surface area contributed by atoms with Gasteiger partial charge in [0.15, 0.2) is 0 Å². The maximum atomic E-state index is 13.0. The fourth-order valence-electron chi connectivity index (χ4n) is 3.68. The molecule has 148 valence electrons. The van der Waals surface area contributed by atoms with Gasteiger partial charge in [0.05, 0.1) is 5.69 Å². The summed E-state index contributed by atoms with van der Waals surface area (Å²) in [5.41, 5.74) is 6.19. The average Bonchev–Trinajstić information content (AvgIpc) is 2.76. The van der Waals surface area contributed by atoms with Crippen LogP contribution in [0.1, 0.15) is 27.0 Å². The van der Waals surface area contributed by atoms with Crippen molar-refractivity contribution in [2.24, 2.45) is 0 Å². The lowest BCUT2D eigenvalue weighted by Gasteiger charge is -2.35. The average molecular weight is 386 g/mol. The van der Waals surface area contributed by atoms with E-state index in [0.29, 0.717) is 13.1 Å². The Kier molecular flexibility index (Phi) is 5.30. The van der Waals surface area contributed by atoms with Gasteiger partial charge in [-0.15, -0.1) is 0 Å². The van der Waals surface area contributed by atoms with E-state index >= 15 is 0 Å². The second-order valence-electron chi connectivity index (χ2n) is 7.73. The maximum absolute atomic E-state index is 13.0. The molecule has 0 unspecified atom stereocenters. The molecule has 4 rings (SSSR count). The molecule has 0 radical (unpaired) electrons. The molecule has 2 aromatic carbocycles. The topological polar surface area (TPSA) is 49.3 Å². The molecular weight excluding hydrogens is 360 g/mol. The number of amides is 1. The molecule has 1 saturated heterocycles. The van der Waals surface area contributed by atoms with Gasteiger partial charge < -0.3 is 9.80 Å². The predicted octanol–water partition coefficient (Wildman–Crippen LogP) is 4.03. The van der Waals surface area contributed by atoms with Crippen LogP contribution in [0, 0.1) is 20.8 Å². The lowest BCUT2D eigenvalue weighted by atomic mass is 10.0. The van der Waals surface area contributed by atoms with Gasteiger partial charge in [-0.3, -0.25) is 4.79 Å². The van der Waals surface area contributed by atoms with Gasteiger partial charge in [0.2, 0.25) is 0 Å². The first-order chi connectivity index (χ1) is 14.0. The normalized spacial score (nSPS) is 14.2. The Morgan fingerprint density at radius 3 is 2.24 bits per heavy atom. The van der Waals surface area contributed by atoms with Crippen molar-refractivity contribution in [2.75, 3.05) is 31.1 Å². The quantitative estimate of drug-likeness (QED) is 0.682. The van der Waals surface area contributed by atoms with Crippen molar-refractivity contribution in [1.29, 1.82) is 0 Å². The predicted molar refractivity (Wildman–Crippen MR) is 116 cm³/mol. The van der Waals surface area contributed by atoms with E-state index in [4.69, 9.17) is 0 Å². The molecule has 0 aliphatic carbocycles. The van der Waals surface area contributed by atoms with Crippen molar-refractivity contribution in [3.8, 4) is 11.3 Å². The van der Waals surface area contributed by atoms with Crippen LogP contribution in [0.2, 0.25) is 0 Å². The molecule has 0 spiro atoms. The summed E-state index contributed by atoms with van der Waals surface area (Å²) in [5, 5.41) is 0. The van der Waals surface area contributed by atoms with Crippen LogP contribution < -0.4 is 4.90 Å². The van der Waals surface area contributed by atoms with Crippen LogP contribution in [-0.2, 0) is 0 Å². The third-order valence-corrected chi connectivity index (χ3v) is 5.51. The number of aryl methyl sites for hydroxylation is 3. The Hall–Kier alpha value is -3.21. The lowest BCUT2D eigenvalue weighted by molar-refractivity contribution is 0.0745. The van der Waals surface area contributed by atoms with Gasteiger partial charge in [0, 0.05) is 43.4 Å². The molecule has 3 aromatic rings. The minimum atomic E-state index is 0.119. The Balaban J connectivity index is 1.46. The number of aromatic nitrogens is 2. The van der Waals surface area contributed by atoms with E-state index in [-0.39, 0.29) is 5.91 Å². The highest BCUT2D eigenvalue weighted by molar-refractivity contribution is 5.96. The first kappa shape index (κ1) is 19.1. The summed E-state index contributed by atoms with van der Waals surface area (Å²) in [6.07, 6.45) is 1.62. The first-order valence-corrected chi connectivity index (χ1v) is 10.0. The molecule has 1 aromatic heterocycles. The smallest absolute Gasteiger partial charge is 0.254 e. The number of nitrogens with zero attached hydrogens (tertiary/aromatic N) is 4. The van der Waals surface area contributed by atoms with Gasteiger partial charge in [0.25, 0.3) is 5.91 Å². The molecule has 5 heteroatoms. The van der Waals surface area contributed by atoms with Crippen molar-refractivity contribution in [3.63, 3.8) is 0 Å². The molecule has 1 fully saturated rings. The number of rotatable bonds is 3. The molecule has 1 aliphatic rings. The Morgan fingerprint density at radius 1 is 0.828 bits per heavy atom. The van der Waals surface area contributed by atoms with Crippen molar-refractivity contribution in [3.05, 3.63) is 77.1 Å². The molecule has 0 saturated carbocycles. The van der Waals surface area contributed by atoms with Crippen LogP contribution in [0.4, 0.5) is 5.82 Å². The van der Waals surface area contributed by atoms with Gasteiger partial charge in [-0.05, 0) is 32.4 Å². The van der Waals surface area contributed by atoms with Gasteiger partial charge in [-0.2, -0.15) is 0 Å². The highest BCUT2D eigenvalue weighted by Gasteiger charge is 2.24. The summed E-state index contributed by atoms with van der Waals surface area (Å²) in [6.45, 7) is 9.01. The molecule has 1 amide bonds. The third-order valence-electron chi connectivity index (χ3n) is 5.51. The summed E-state index contributed by atoms with van der Waals surface area (Å²) in [6, 6.07) is 16.4. The fourth-order valence-corrected chi connectivity index (χ4v) is 3.68. The second-order valence-corrected chi connectivity index (χ2v) is 7.73. The number of hydrogen-bond donors (Lipinski definition) is 0. The summed E-state index contributed by atoms with van der Waals surface area (Å²) in [7, 11) is 0. The molecule has 29 heavy (non-hydrogen) atoms. The van der Waals surface area contributed by atoms with Crippen LogP contribution in [0.3, 0.4) is 0 Å². The van der Waals surface area contributed by atoms with Gasteiger partial charge >= 0.3 is 0 Å². The number of piperazine rings is 1. The Morgan fingerprint density at radius 2 is 1.52 bits per heavy atom. The SMILES string of the molecule is Cc1ccc(-c2cc(N3CCN(C(=O)c4cc(C)ccc4C)CC3)ncn2)cc1. The standard InChI is InChI=1S/C24H26N4O/c1-17-5-8-20(9-6-17)22-15-23(26-16-25-22)27-10-12-28(13-11-27)24(29)21-14-18(2)4-7-19(21)3/h4-9,14-16H,10-13H2,1-3H3. The molecule has 2 heterocycles. The molecule has 0 N–H and O–H groups in total. The van der Waals surface area contributed by atoms with E-state index in [1.165, 1.54) is 5.56 Å². The number of carbonyl (C=O) groups excluding carboxylic acids is 1. The zero-order valence-corrected chi connectivity index (χ0v) is 17.2. The van der Waals surface area contributed by atoms with Crippen LogP contribution >= 0.6 is 0 Å². The van der Waals surface area contributed by atoms with Gasteiger partial charge in [0.1, 0.15) is 12.1 Å².